The van der Waals surface area contributed by atoms with Gasteiger partial charge in [-0.25, -0.2) is 0 Å². The predicted octanol–water partition coefficient (Wildman–Crippen LogP) is 2.98. The largest absolute Gasteiger partial charge is 0.505 e. The lowest BCUT2D eigenvalue weighted by atomic mass is 10.3. The van der Waals surface area contributed by atoms with Gasteiger partial charge in [0.05, 0.1) is 14.8 Å². The van der Waals surface area contributed by atoms with Crippen molar-refractivity contribution in [3.05, 3.63) is 10.0 Å². The van der Waals surface area contributed by atoms with Crippen LogP contribution in [0.4, 0.5) is 0 Å². The maximum atomic E-state index is 9.21. The number of benzene rings is 1. The molecular weight excluding hydrogens is 239 g/mol. The molecule has 1 aromatic carbocycles. The molecule has 0 saturated heterocycles. The predicted molar refractivity (Wildman–Crippen MR) is 54.3 cm³/mol. The standard InChI is InChI=1S/C6H4Cl2O2S2/c7-1-3(9)5(11)2(8)6(12)4(1)10/h9-12H. The normalized spacial score (nSPS) is 10.3. The average molecular weight is 243 g/mol. The summed E-state index contributed by atoms with van der Waals surface area (Å²) in [5.41, 5.74) is 0. The Hall–Kier alpha value is 0.1000. The van der Waals surface area contributed by atoms with Crippen molar-refractivity contribution in [2.45, 2.75) is 9.79 Å². The van der Waals surface area contributed by atoms with E-state index in [9.17, 15) is 10.2 Å². The zero-order chi connectivity index (χ0) is 9.46. The van der Waals surface area contributed by atoms with Crippen LogP contribution in [0, 0.1) is 0 Å². The smallest absolute Gasteiger partial charge is 0.152 e. The average Bonchev–Trinajstić information content (AvgIpc) is 2.08. The van der Waals surface area contributed by atoms with Crippen LogP contribution in [0.5, 0.6) is 11.5 Å². The van der Waals surface area contributed by atoms with Crippen LogP contribution >= 0.6 is 48.5 Å². The number of aromatic hydroxyl groups is 2. The Labute approximate surface area is 89.9 Å². The topological polar surface area (TPSA) is 40.5 Å². The highest BCUT2D eigenvalue weighted by Gasteiger charge is 2.17. The minimum Gasteiger partial charge on any atom is -0.505 e. The summed E-state index contributed by atoms with van der Waals surface area (Å²) in [4.78, 5) is 0.203. The Kier molecular flexibility index (Phi) is 2.93. The molecule has 2 N–H and O–H groups in total. The number of halogens is 2. The summed E-state index contributed by atoms with van der Waals surface area (Å²) in [6.45, 7) is 0. The first kappa shape index (κ1) is 10.2. The van der Waals surface area contributed by atoms with E-state index in [0.717, 1.165) is 0 Å². The molecule has 0 heterocycles. The van der Waals surface area contributed by atoms with Crippen LogP contribution in [0.1, 0.15) is 0 Å². The van der Waals surface area contributed by atoms with E-state index >= 15 is 0 Å². The fraction of sp³-hybridized carbons (Fsp3) is 0. The zero-order valence-corrected chi connectivity index (χ0v) is 8.85. The second-order valence-electron chi connectivity index (χ2n) is 2.02. The van der Waals surface area contributed by atoms with Gasteiger partial charge in [-0.2, -0.15) is 0 Å². The van der Waals surface area contributed by atoms with Gasteiger partial charge in [-0.05, 0) is 0 Å². The molecule has 1 aromatic rings. The Morgan fingerprint density at radius 1 is 0.833 bits per heavy atom. The summed E-state index contributed by atoms with van der Waals surface area (Å²) in [6.07, 6.45) is 0. The van der Waals surface area contributed by atoms with Gasteiger partial charge in [0.15, 0.2) is 11.5 Å². The molecule has 0 aliphatic rings. The molecule has 0 unspecified atom stereocenters. The van der Waals surface area contributed by atoms with E-state index in [1.54, 1.807) is 0 Å². The molecule has 6 heteroatoms. The van der Waals surface area contributed by atoms with Gasteiger partial charge in [0, 0.05) is 0 Å². The van der Waals surface area contributed by atoms with Crippen molar-refractivity contribution in [3.63, 3.8) is 0 Å². The molecule has 0 spiro atoms. The van der Waals surface area contributed by atoms with Crippen molar-refractivity contribution in [2.75, 3.05) is 0 Å². The molecule has 0 amide bonds. The van der Waals surface area contributed by atoms with Gasteiger partial charge < -0.3 is 10.2 Å². The molecule has 0 atom stereocenters. The lowest BCUT2D eigenvalue weighted by Crippen LogP contribution is -1.80. The third-order valence-electron chi connectivity index (χ3n) is 1.28. The summed E-state index contributed by atoms with van der Waals surface area (Å²) < 4.78 is 0. The van der Waals surface area contributed by atoms with Crippen LogP contribution in [0.2, 0.25) is 10.0 Å². The van der Waals surface area contributed by atoms with Crippen LogP contribution in [0.25, 0.3) is 0 Å². The monoisotopic (exact) mass is 242 g/mol. The van der Waals surface area contributed by atoms with Gasteiger partial charge in [0.25, 0.3) is 0 Å². The fourth-order valence-corrected chi connectivity index (χ4v) is 1.68. The van der Waals surface area contributed by atoms with Gasteiger partial charge >= 0.3 is 0 Å². The Balaban J connectivity index is 3.60. The van der Waals surface area contributed by atoms with Crippen molar-refractivity contribution in [2.24, 2.45) is 0 Å². The lowest BCUT2D eigenvalue weighted by molar-refractivity contribution is 0.435. The van der Waals surface area contributed by atoms with Crippen molar-refractivity contribution in [3.8, 4) is 11.5 Å². The maximum Gasteiger partial charge on any atom is 0.152 e. The molecule has 0 fully saturated rings. The van der Waals surface area contributed by atoms with Crippen molar-refractivity contribution in [1.29, 1.82) is 0 Å². The highest BCUT2D eigenvalue weighted by Crippen LogP contribution is 2.46. The molecule has 0 aliphatic carbocycles. The minimum atomic E-state index is -0.347. The quantitative estimate of drug-likeness (QED) is 0.529. The van der Waals surface area contributed by atoms with E-state index in [2.05, 4.69) is 25.3 Å². The maximum absolute atomic E-state index is 9.21. The van der Waals surface area contributed by atoms with Crippen molar-refractivity contribution >= 4 is 48.5 Å². The second-order valence-corrected chi connectivity index (χ2v) is 3.67. The molecule has 0 aromatic heterocycles. The van der Waals surface area contributed by atoms with Crippen molar-refractivity contribution < 1.29 is 10.2 Å². The number of phenolic OH excluding ortho intramolecular Hbond substituents is 2. The molecule has 0 radical (unpaired) electrons. The van der Waals surface area contributed by atoms with E-state index < -0.39 is 0 Å². The summed E-state index contributed by atoms with van der Waals surface area (Å²) >= 11 is 18.9. The molecule has 0 aliphatic heterocycles. The lowest BCUT2D eigenvalue weighted by Gasteiger charge is -2.08. The first-order valence-electron chi connectivity index (χ1n) is 2.77. The van der Waals surface area contributed by atoms with E-state index in [1.165, 1.54) is 0 Å². The number of rotatable bonds is 0. The SMILES string of the molecule is Oc1c(S)c(Cl)c(S)c(O)c1Cl. The second kappa shape index (κ2) is 3.46. The summed E-state index contributed by atoms with van der Waals surface area (Å²) in [5.74, 6) is -0.694. The Morgan fingerprint density at radius 2 is 1.17 bits per heavy atom. The van der Waals surface area contributed by atoms with Gasteiger partial charge in [0.1, 0.15) is 5.02 Å². The Morgan fingerprint density at radius 3 is 1.50 bits per heavy atom. The van der Waals surface area contributed by atoms with E-state index in [-0.39, 0.29) is 31.3 Å². The van der Waals surface area contributed by atoms with E-state index in [1.807, 2.05) is 0 Å². The molecule has 0 saturated carbocycles. The van der Waals surface area contributed by atoms with E-state index in [4.69, 9.17) is 23.2 Å². The Bertz CT molecular complexity index is 236. The third kappa shape index (κ3) is 1.44. The third-order valence-corrected chi connectivity index (χ3v) is 3.15. The minimum absolute atomic E-state index is 0.0704. The van der Waals surface area contributed by atoms with Crippen LogP contribution in [0.3, 0.4) is 0 Å². The van der Waals surface area contributed by atoms with Gasteiger partial charge in [-0.1, -0.05) is 23.2 Å². The van der Waals surface area contributed by atoms with E-state index in [0.29, 0.717) is 0 Å². The van der Waals surface area contributed by atoms with Gasteiger partial charge in [-0.15, -0.1) is 25.3 Å². The fourth-order valence-electron chi connectivity index (χ4n) is 0.640. The molecule has 1 rings (SSSR count). The van der Waals surface area contributed by atoms with Crippen molar-refractivity contribution in [1.82, 2.24) is 0 Å². The van der Waals surface area contributed by atoms with Crippen LogP contribution in [-0.2, 0) is 0 Å². The molecule has 0 bridgehead atoms. The molecule has 2 nitrogen and oxygen atoms in total. The summed E-state index contributed by atoms with van der Waals surface area (Å²) in [5, 5.41) is 18.3. The van der Waals surface area contributed by atoms with Gasteiger partial charge in [-0.3, -0.25) is 0 Å². The van der Waals surface area contributed by atoms with Gasteiger partial charge in [0.2, 0.25) is 0 Å². The number of hydrogen-bond acceptors (Lipinski definition) is 4. The number of thiol groups is 2. The number of hydrogen-bond donors (Lipinski definition) is 4. The first-order chi connectivity index (χ1) is 5.46. The molecule has 66 valence electrons. The highest BCUT2D eigenvalue weighted by molar-refractivity contribution is 7.81. The number of phenols is 2. The van der Waals surface area contributed by atoms with Crippen LogP contribution in [0.15, 0.2) is 9.79 Å². The first-order valence-corrected chi connectivity index (χ1v) is 4.42. The summed E-state index contributed by atoms with van der Waals surface area (Å²) in [6, 6.07) is 0. The summed E-state index contributed by atoms with van der Waals surface area (Å²) in [7, 11) is 0. The molecular formula is C6H4Cl2O2S2. The zero-order valence-electron chi connectivity index (χ0n) is 5.54. The highest BCUT2D eigenvalue weighted by atomic mass is 35.5. The van der Waals surface area contributed by atoms with Crippen LogP contribution in [-0.4, -0.2) is 10.2 Å². The van der Waals surface area contributed by atoms with Crippen LogP contribution < -0.4 is 0 Å². The molecule has 12 heavy (non-hydrogen) atoms.